The van der Waals surface area contributed by atoms with E-state index in [1.54, 1.807) is 0 Å². The fourth-order valence-corrected chi connectivity index (χ4v) is 2.33. The third kappa shape index (κ3) is 3.40. The lowest BCUT2D eigenvalue weighted by Crippen LogP contribution is -2.36. The summed E-state index contributed by atoms with van der Waals surface area (Å²) in [5.41, 5.74) is 0.456. The average molecular weight is 211 g/mol. The summed E-state index contributed by atoms with van der Waals surface area (Å²) in [6, 6.07) is 0. The summed E-state index contributed by atoms with van der Waals surface area (Å²) in [6.07, 6.45) is 5.44. The number of rotatable bonds is 2. The van der Waals surface area contributed by atoms with Crippen LogP contribution in [0.2, 0.25) is 0 Å². The van der Waals surface area contributed by atoms with Gasteiger partial charge in [0.15, 0.2) is 5.96 Å². The molecule has 0 amide bonds. The Morgan fingerprint density at radius 1 is 1.07 bits per heavy atom. The van der Waals surface area contributed by atoms with Gasteiger partial charge in [0.2, 0.25) is 0 Å². The van der Waals surface area contributed by atoms with Crippen LogP contribution in [-0.4, -0.2) is 50.5 Å². The third-order valence-electron chi connectivity index (χ3n) is 3.21. The van der Waals surface area contributed by atoms with Crippen molar-refractivity contribution in [1.82, 2.24) is 9.80 Å². The number of guanidine groups is 1. The van der Waals surface area contributed by atoms with Crippen molar-refractivity contribution in [3.8, 4) is 0 Å². The molecule has 0 spiro atoms. The van der Waals surface area contributed by atoms with Crippen LogP contribution < -0.4 is 0 Å². The van der Waals surface area contributed by atoms with Crippen LogP contribution in [-0.2, 0) is 0 Å². The molecular formula is C12H25N3. The Morgan fingerprint density at radius 2 is 1.53 bits per heavy atom. The SMILES string of the molecule is CN(C)C(=NCC1(C)CCCC1)N(C)C. The van der Waals surface area contributed by atoms with Crippen LogP contribution in [0, 0.1) is 5.41 Å². The van der Waals surface area contributed by atoms with Crippen molar-refractivity contribution >= 4 is 5.96 Å². The maximum absolute atomic E-state index is 4.74. The molecule has 0 aliphatic heterocycles. The van der Waals surface area contributed by atoms with Gasteiger partial charge in [-0.15, -0.1) is 0 Å². The normalized spacial score (nSPS) is 18.7. The lowest BCUT2D eigenvalue weighted by atomic mass is 9.89. The predicted molar refractivity (Wildman–Crippen MR) is 66.3 cm³/mol. The molecule has 0 radical (unpaired) electrons. The van der Waals surface area contributed by atoms with Crippen molar-refractivity contribution in [2.45, 2.75) is 32.6 Å². The van der Waals surface area contributed by atoms with Crippen molar-refractivity contribution in [3.05, 3.63) is 0 Å². The van der Waals surface area contributed by atoms with Crippen molar-refractivity contribution < 1.29 is 0 Å². The summed E-state index contributed by atoms with van der Waals surface area (Å²) in [5, 5.41) is 0. The highest BCUT2D eigenvalue weighted by molar-refractivity contribution is 5.79. The van der Waals surface area contributed by atoms with E-state index in [9.17, 15) is 0 Å². The fraction of sp³-hybridized carbons (Fsp3) is 0.917. The van der Waals surface area contributed by atoms with E-state index in [-0.39, 0.29) is 0 Å². The Hall–Kier alpha value is -0.730. The highest BCUT2D eigenvalue weighted by Gasteiger charge is 2.28. The maximum atomic E-state index is 4.74. The molecular weight excluding hydrogens is 186 g/mol. The largest absolute Gasteiger partial charge is 0.349 e. The molecule has 0 heterocycles. The van der Waals surface area contributed by atoms with Gasteiger partial charge in [0.25, 0.3) is 0 Å². The minimum Gasteiger partial charge on any atom is -0.349 e. The van der Waals surface area contributed by atoms with Crippen molar-refractivity contribution in [2.24, 2.45) is 10.4 Å². The molecule has 1 rings (SSSR count). The molecule has 1 aliphatic carbocycles. The molecule has 0 unspecified atom stereocenters. The molecule has 3 heteroatoms. The van der Waals surface area contributed by atoms with Gasteiger partial charge in [-0.3, -0.25) is 4.99 Å². The van der Waals surface area contributed by atoms with Crippen molar-refractivity contribution in [1.29, 1.82) is 0 Å². The van der Waals surface area contributed by atoms with Gasteiger partial charge in [-0.2, -0.15) is 0 Å². The fourth-order valence-electron chi connectivity index (χ4n) is 2.33. The molecule has 1 aliphatic rings. The molecule has 88 valence electrons. The van der Waals surface area contributed by atoms with Crippen LogP contribution >= 0.6 is 0 Å². The highest BCUT2D eigenvalue weighted by atomic mass is 15.3. The summed E-state index contributed by atoms with van der Waals surface area (Å²) in [7, 11) is 8.21. The number of hydrogen-bond acceptors (Lipinski definition) is 1. The molecule has 0 saturated heterocycles. The molecule has 1 saturated carbocycles. The first kappa shape index (κ1) is 12.3. The minimum absolute atomic E-state index is 0.456. The van der Waals surface area contributed by atoms with E-state index >= 15 is 0 Å². The lowest BCUT2D eigenvalue weighted by Gasteiger charge is -2.26. The molecule has 3 nitrogen and oxygen atoms in total. The minimum atomic E-state index is 0.456. The van der Waals surface area contributed by atoms with E-state index in [1.165, 1.54) is 25.7 Å². The first-order valence-corrected chi connectivity index (χ1v) is 5.84. The second kappa shape index (κ2) is 4.86. The lowest BCUT2D eigenvalue weighted by molar-refractivity contribution is 0.345. The third-order valence-corrected chi connectivity index (χ3v) is 3.21. The van der Waals surface area contributed by atoms with Gasteiger partial charge in [0, 0.05) is 34.7 Å². The van der Waals surface area contributed by atoms with E-state index in [0.717, 1.165) is 12.5 Å². The number of hydrogen-bond donors (Lipinski definition) is 0. The van der Waals surface area contributed by atoms with Crippen LogP contribution in [0.1, 0.15) is 32.6 Å². The average Bonchev–Trinajstić information content (AvgIpc) is 2.51. The van der Waals surface area contributed by atoms with E-state index in [4.69, 9.17) is 4.99 Å². The van der Waals surface area contributed by atoms with Gasteiger partial charge < -0.3 is 9.80 Å². The molecule has 0 aromatic carbocycles. The van der Waals surface area contributed by atoms with Gasteiger partial charge in [-0.25, -0.2) is 0 Å². The molecule has 0 aromatic rings. The molecule has 15 heavy (non-hydrogen) atoms. The standard InChI is InChI=1S/C12H25N3/c1-12(8-6-7-9-12)10-13-11(14(2)3)15(4)5/h6-10H2,1-5H3. The van der Waals surface area contributed by atoms with Gasteiger partial charge in [-0.1, -0.05) is 19.8 Å². The summed E-state index contributed by atoms with van der Waals surface area (Å²) in [5.74, 6) is 1.07. The number of aliphatic imine (C=N–C) groups is 1. The molecule has 0 N–H and O–H groups in total. The Balaban J connectivity index is 2.60. The Bertz CT molecular complexity index is 215. The summed E-state index contributed by atoms with van der Waals surface area (Å²) in [6.45, 7) is 3.34. The summed E-state index contributed by atoms with van der Waals surface area (Å²) < 4.78 is 0. The molecule has 1 fully saturated rings. The zero-order valence-corrected chi connectivity index (χ0v) is 10.9. The van der Waals surface area contributed by atoms with Crippen LogP contribution in [0.15, 0.2) is 4.99 Å². The van der Waals surface area contributed by atoms with Gasteiger partial charge in [0.1, 0.15) is 0 Å². The Kier molecular flexibility index (Phi) is 4.00. The quantitative estimate of drug-likeness (QED) is 0.514. The van der Waals surface area contributed by atoms with Gasteiger partial charge in [0.05, 0.1) is 0 Å². The van der Waals surface area contributed by atoms with Crippen LogP contribution in [0.25, 0.3) is 0 Å². The smallest absolute Gasteiger partial charge is 0.195 e. The molecule has 0 bridgehead atoms. The zero-order valence-electron chi connectivity index (χ0n) is 10.9. The summed E-state index contributed by atoms with van der Waals surface area (Å²) in [4.78, 5) is 8.91. The first-order chi connectivity index (χ1) is 6.94. The van der Waals surface area contributed by atoms with E-state index < -0.39 is 0 Å². The van der Waals surface area contributed by atoms with E-state index in [1.807, 2.05) is 0 Å². The van der Waals surface area contributed by atoms with Crippen LogP contribution in [0.5, 0.6) is 0 Å². The van der Waals surface area contributed by atoms with Crippen molar-refractivity contribution in [3.63, 3.8) is 0 Å². The predicted octanol–water partition coefficient (Wildman–Crippen LogP) is 2.05. The van der Waals surface area contributed by atoms with Crippen LogP contribution in [0.3, 0.4) is 0 Å². The first-order valence-electron chi connectivity index (χ1n) is 5.84. The van der Waals surface area contributed by atoms with E-state index in [0.29, 0.717) is 5.41 Å². The highest BCUT2D eigenvalue weighted by Crippen LogP contribution is 2.37. The summed E-state index contributed by atoms with van der Waals surface area (Å²) >= 11 is 0. The topological polar surface area (TPSA) is 18.8 Å². The maximum Gasteiger partial charge on any atom is 0.195 e. The van der Waals surface area contributed by atoms with Gasteiger partial charge >= 0.3 is 0 Å². The second-order valence-corrected chi connectivity index (χ2v) is 5.42. The second-order valence-electron chi connectivity index (χ2n) is 5.42. The Morgan fingerprint density at radius 3 is 1.93 bits per heavy atom. The Labute approximate surface area is 94.2 Å². The monoisotopic (exact) mass is 211 g/mol. The van der Waals surface area contributed by atoms with E-state index in [2.05, 4.69) is 44.9 Å². The number of nitrogens with zero attached hydrogens (tertiary/aromatic N) is 3. The molecule has 0 aromatic heterocycles. The van der Waals surface area contributed by atoms with Gasteiger partial charge in [-0.05, 0) is 18.3 Å². The zero-order chi connectivity index (χ0) is 11.5. The van der Waals surface area contributed by atoms with Crippen molar-refractivity contribution in [2.75, 3.05) is 34.7 Å². The molecule has 0 atom stereocenters. The van der Waals surface area contributed by atoms with Crippen LogP contribution in [0.4, 0.5) is 0 Å².